The Morgan fingerprint density at radius 2 is 1.58 bits per heavy atom. The highest BCUT2D eigenvalue weighted by atomic mass is 15.2. The molecule has 1 N–H and O–H groups in total. The first kappa shape index (κ1) is 13.9. The maximum atomic E-state index is 3.79. The van der Waals surface area contributed by atoms with Crippen LogP contribution in [-0.4, -0.2) is 36.6 Å². The monoisotopic (exact) mass is 264 g/mol. The Balaban J connectivity index is 1.37. The second-order valence-electron chi connectivity index (χ2n) is 8.06. The predicted molar refractivity (Wildman–Crippen MR) is 81.4 cm³/mol. The van der Waals surface area contributed by atoms with Crippen LogP contribution in [0.15, 0.2) is 0 Å². The number of piperidine rings is 1. The van der Waals surface area contributed by atoms with Crippen molar-refractivity contribution < 1.29 is 0 Å². The fourth-order valence-electron chi connectivity index (χ4n) is 3.87. The third kappa shape index (κ3) is 3.95. The highest BCUT2D eigenvalue weighted by molar-refractivity contribution is 4.88. The van der Waals surface area contributed by atoms with Crippen LogP contribution < -0.4 is 5.32 Å². The third-order valence-corrected chi connectivity index (χ3v) is 5.75. The fraction of sp³-hybridized carbons (Fsp3) is 1.00. The summed E-state index contributed by atoms with van der Waals surface area (Å²) in [6, 6.07) is 1.72. The molecule has 2 saturated carbocycles. The van der Waals surface area contributed by atoms with Gasteiger partial charge >= 0.3 is 0 Å². The molecule has 0 aromatic carbocycles. The SMILES string of the molecule is CC1(C)CCC(N2CCC(NCC3CC3)CC2)CC1. The van der Waals surface area contributed by atoms with Crippen molar-refractivity contribution in [2.45, 2.75) is 77.3 Å². The van der Waals surface area contributed by atoms with Crippen molar-refractivity contribution in [2.24, 2.45) is 11.3 Å². The largest absolute Gasteiger partial charge is 0.314 e. The average molecular weight is 264 g/mol. The highest BCUT2D eigenvalue weighted by Gasteiger charge is 2.32. The number of nitrogens with zero attached hydrogens (tertiary/aromatic N) is 1. The van der Waals surface area contributed by atoms with E-state index in [2.05, 4.69) is 24.1 Å². The van der Waals surface area contributed by atoms with Crippen molar-refractivity contribution in [1.29, 1.82) is 0 Å². The summed E-state index contributed by atoms with van der Waals surface area (Å²) in [5.74, 6) is 1.03. The van der Waals surface area contributed by atoms with Gasteiger partial charge in [-0.05, 0) is 82.3 Å². The quantitative estimate of drug-likeness (QED) is 0.837. The van der Waals surface area contributed by atoms with Gasteiger partial charge in [-0.1, -0.05) is 13.8 Å². The highest BCUT2D eigenvalue weighted by Crippen LogP contribution is 2.37. The molecule has 19 heavy (non-hydrogen) atoms. The summed E-state index contributed by atoms with van der Waals surface area (Å²) in [6.07, 6.45) is 11.4. The van der Waals surface area contributed by atoms with E-state index in [1.54, 1.807) is 0 Å². The van der Waals surface area contributed by atoms with Crippen LogP contribution in [0.2, 0.25) is 0 Å². The fourth-order valence-corrected chi connectivity index (χ4v) is 3.87. The van der Waals surface area contributed by atoms with Crippen LogP contribution in [0.3, 0.4) is 0 Å². The summed E-state index contributed by atoms with van der Waals surface area (Å²) in [6.45, 7) is 8.86. The molecule has 2 nitrogen and oxygen atoms in total. The molecule has 0 radical (unpaired) electrons. The van der Waals surface area contributed by atoms with E-state index in [1.165, 1.54) is 71.0 Å². The van der Waals surface area contributed by atoms with Gasteiger partial charge in [-0.15, -0.1) is 0 Å². The van der Waals surface area contributed by atoms with Crippen LogP contribution in [0.5, 0.6) is 0 Å². The van der Waals surface area contributed by atoms with E-state index in [0.717, 1.165) is 18.0 Å². The normalized spacial score (nSPS) is 30.6. The summed E-state index contributed by atoms with van der Waals surface area (Å²) >= 11 is 0. The van der Waals surface area contributed by atoms with Gasteiger partial charge in [0.15, 0.2) is 0 Å². The lowest BCUT2D eigenvalue weighted by molar-refractivity contribution is 0.0817. The van der Waals surface area contributed by atoms with Gasteiger partial charge in [-0.2, -0.15) is 0 Å². The van der Waals surface area contributed by atoms with E-state index in [9.17, 15) is 0 Å². The van der Waals surface area contributed by atoms with E-state index < -0.39 is 0 Å². The van der Waals surface area contributed by atoms with Crippen molar-refractivity contribution in [1.82, 2.24) is 10.2 Å². The van der Waals surface area contributed by atoms with Crippen LogP contribution in [0.4, 0.5) is 0 Å². The minimum Gasteiger partial charge on any atom is -0.314 e. The first-order chi connectivity index (χ1) is 9.12. The Kier molecular flexibility index (Phi) is 4.19. The van der Waals surface area contributed by atoms with Gasteiger partial charge in [-0.25, -0.2) is 0 Å². The van der Waals surface area contributed by atoms with Crippen molar-refractivity contribution in [3.63, 3.8) is 0 Å². The van der Waals surface area contributed by atoms with Crippen molar-refractivity contribution in [3.05, 3.63) is 0 Å². The molecular formula is C17H32N2. The smallest absolute Gasteiger partial charge is 0.00956 e. The summed E-state index contributed by atoms with van der Waals surface area (Å²) in [7, 11) is 0. The van der Waals surface area contributed by atoms with Crippen LogP contribution in [-0.2, 0) is 0 Å². The summed E-state index contributed by atoms with van der Waals surface area (Å²) in [4.78, 5) is 2.80. The molecule has 1 aliphatic heterocycles. The molecule has 2 heteroatoms. The van der Waals surface area contributed by atoms with Gasteiger partial charge in [0.2, 0.25) is 0 Å². The van der Waals surface area contributed by atoms with Crippen LogP contribution >= 0.6 is 0 Å². The number of hydrogen-bond donors (Lipinski definition) is 1. The van der Waals surface area contributed by atoms with Crippen molar-refractivity contribution in [2.75, 3.05) is 19.6 Å². The molecule has 0 unspecified atom stereocenters. The number of hydrogen-bond acceptors (Lipinski definition) is 2. The van der Waals surface area contributed by atoms with Crippen LogP contribution in [0, 0.1) is 11.3 Å². The Bertz CT molecular complexity index is 278. The van der Waals surface area contributed by atoms with E-state index >= 15 is 0 Å². The second kappa shape index (κ2) is 5.73. The van der Waals surface area contributed by atoms with E-state index in [0.29, 0.717) is 5.41 Å². The molecule has 1 saturated heterocycles. The Morgan fingerprint density at radius 3 is 2.16 bits per heavy atom. The Labute approximate surface area is 119 Å². The molecule has 110 valence electrons. The molecule has 2 aliphatic carbocycles. The summed E-state index contributed by atoms with van der Waals surface area (Å²) < 4.78 is 0. The van der Waals surface area contributed by atoms with E-state index in [4.69, 9.17) is 0 Å². The number of nitrogens with one attached hydrogen (secondary N) is 1. The van der Waals surface area contributed by atoms with Gasteiger partial charge in [-0.3, -0.25) is 0 Å². The Morgan fingerprint density at radius 1 is 0.947 bits per heavy atom. The topological polar surface area (TPSA) is 15.3 Å². The van der Waals surface area contributed by atoms with Crippen molar-refractivity contribution >= 4 is 0 Å². The lowest BCUT2D eigenvalue weighted by Gasteiger charge is -2.43. The standard InChI is InChI=1S/C17H32N2/c1-17(2)9-5-16(6-10-17)19-11-7-15(8-12-19)18-13-14-3-4-14/h14-16,18H,3-13H2,1-2H3. The summed E-state index contributed by atoms with van der Waals surface area (Å²) in [5, 5.41) is 3.79. The zero-order chi connectivity index (χ0) is 13.3. The number of likely N-dealkylation sites (tertiary alicyclic amines) is 1. The summed E-state index contributed by atoms with van der Waals surface area (Å²) in [5.41, 5.74) is 0.612. The van der Waals surface area contributed by atoms with Crippen LogP contribution in [0.25, 0.3) is 0 Å². The van der Waals surface area contributed by atoms with Gasteiger partial charge in [0.05, 0.1) is 0 Å². The minimum absolute atomic E-state index is 0.612. The number of rotatable bonds is 4. The zero-order valence-electron chi connectivity index (χ0n) is 13.0. The molecule has 0 spiro atoms. The van der Waals surface area contributed by atoms with Gasteiger partial charge in [0.25, 0.3) is 0 Å². The van der Waals surface area contributed by atoms with Crippen LogP contribution in [0.1, 0.15) is 65.2 Å². The third-order valence-electron chi connectivity index (χ3n) is 5.75. The molecular weight excluding hydrogens is 232 g/mol. The van der Waals surface area contributed by atoms with Gasteiger partial charge in [0, 0.05) is 12.1 Å². The van der Waals surface area contributed by atoms with Crippen molar-refractivity contribution in [3.8, 4) is 0 Å². The molecule has 0 atom stereocenters. The lowest BCUT2D eigenvalue weighted by Crippen LogP contribution is -2.48. The molecule has 3 rings (SSSR count). The Hall–Kier alpha value is -0.0800. The predicted octanol–water partition coefficient (Wildman–Crippen LogP) is 3.42. The molecule has 0 amide bonds. The maximum Gasteiger partial charge on any atom is 0.00956 e. The minimum atomic E-state index is 0.612. The molecule has 0 aromatic rings. The van der Waals surface area contributed by atoms with E-state index in [1.807, 2.05) is 0 Å². The molecule has 0 aromatic heterocycles. The van der Waals surface area contributed by atoms with E-state index in [-0.39, 0.29) is 0 Å². The molecule has 3 fully saturated rings. The first-order valence-corrected chi connectivity index (χ1v) is 8.60. The first-order valence-electron chi connectivity index (χ1n) is 8.60. The average Bonchev–Trinajstić information content (AvgIpc) is 3.21. The molecule has 3 aliphatic rings. The lowest BCUT2D eigenvalue weighted by atomic mass is 9.75. The maximum absolute atomic E-state index is 3.79. The second-order valence-corrected chi connectivity index (χ2v) is 8.06. The van der Waals surface area contributed by atoms with Gasteiger partial charge < -0.3 is 10.2 Å². The molecule has 1 heterocycles. The van der Waals surface area contributed by atoms with Gasteiger partial charge in [0.1, 0.15) is 0 Å². The zero-order valence-corrected chi connectivity index (χ0v) is 13.0. The molecule has 0 bridgehead atoms.